The first-order valence-corrected chi connectivity index (χ1v) is 5.60. The number of hydrogen-bond donors (Lipinski definition) is 1. The van der Waals surface area contributed by atoms with E-state index in [9.17, 15) is 4.79 Å². The molecule has 1 aromatic heterocycles. The maximum Gasteiger partial charge on any atom is 0.157 e. The van der Waals surface area contributed by atoms with Crippen molar-refractivity contribution >= 4 is 5.78 Å². The molecule has 0 radical (unpaired) electrons. The summed E-state index contributed by atoms with van der Waals surface area (Å²) in [5, 5.41) is 4.09. The number of nitrogens with two attached hydrogens (primary N) is 1. The highest BCUT2D eigenvalue weighted by atomic mass is 16.1. The summed E-state index contributed by atoms with van der Waals surface area (Å²) in [5.74, 6) is 0.865. The SMILES string of the molecule is CC(C)C(N)C(=O)Cc1ncnn1C(C)C. The Bertz CT molecular complexity index is 357. The lowest BCUT2D eigenvalue weighted by molar-refractivity contribution is -0.120. The first kappa shape index (κ1) is 12.8. The van der Waals surface area contributed by atoms with E-state index >= 15 is 0 Å². The molecule has 0 aliphatic rings. The summed E-state index contributed by atoms with van der Waals surface area (Å²) in [4.78, 5) is 15.9. The molecular formula is C11H20N4O. The fourth-order valence-electron chi connectivity index (χ4n) is 1.48. The smallest absolute Gasteiger partial charge is 0.157 e. The minimum absolute atomic E-state index is 0.0184. The molecule has 2 N–H and O–H groups in total. The fourth-order valence-corrected chi connectivity index (χ4v) is 1.48. The van der Waals surface area contributed by atoms with Crippen LogP contribution in [0.1, 0.15) is 39.6 Å². The van der Waals surface area contributed by atoms with Gasteiger partial charge in [0.15, 0.2) is 5.78 Å². The molecule has 0 saturated carbocycles. The van der Waals surface area contributed by atoms with Crippen LogP contribution in [0, 0.1) is 5.92 Å². The second-order valence-corrected chi connectivity index (χ2v) is 4.63. The van der Waals surface area contributed by atoms with Gasteiger partial charge < -0.3 is 5.73 Å². The van der Waals surface area contributed by atoms with Gasteiger partial charge in [-0.25, -0.2) is 9.67 Å². The highest BCUT2D eigenvalue weighted by molar-refractivity contribution is 5.85. The molecule has 1 heterocycles. The largest absolute Gasteiger partial charge is 0.321 e. The van der Waals surface area contributed by atoms with Gasteiger partial charge in [0.1, 0.15) is 12.2 Å². The van der Waals surface area contributed by atoms with Crippen LogP contribution in [-0.2, 0) is 11.2 Å². The summed E-state index contributed by atoms with van der Waals surface area (Å²) in [6, 6.07) is -0.210. The van der Waals surface area contributed by atoms with Gasteiger partial charge >= 0.3 is 0 Å². The summed E-state index contributed by atoms with van der Waals surface area (Å²) in [7, 11) is 0. The molecule has 0 aromatic carbocycles. The lowest BCUT2D eigenvalue weighted by Crippen LogP contribution is -2.37. The highest BCUT2D eigenvalue weighted by Crippen LogP contribution is 2.08. The topological polar surface area (TPSA) is 73.8 Å². The van der Waals surface area contributed by atoms with Gasteiger partial charge in [-0.1, -0.05) is 13.8 Å². The molecule has 1 atom stereocenters. The van der Waals surface area contributed by atoms with Crippen molar-refractivity contribution in [2.24, 2.45) is 11.7 Å². The third-order valence-electron chi connectivity index (χ3n) is 2.56. The number of aromatic nitrogens is 3. The number of ketones is 1. The first-order chi connectivity index (χ1) is 7.43. The molecular weight excluding hydrogens is 204 g/mol. The van der Waals surface area contributed by atoms with Gasteiger partial charge in [-0.05, 0) is 19.8 Å². The Morgan fingerprint density at radius 1 is 1.44 bits per heavy atom. The lowest BCUT2D eigenvalue weighted by Gasteiger charge is -2.14. The summed E-state index contributed by atoms with van der Waals surface area (Å²) in [6.45, 7) is 7.89. The predicted octanol–water partition coefficient (Wildman–Crippen LogP) is 0.954. The molecule has 5 heteroatoms. The van der Waals surface area contributed by atoms with E-state index in [1.165, 1.54) is 6.33 Å². The van der Waals surface area contributed by atoms with Crippen LogP contribution in [0.15, 0.2) is 6.33 Å². The van der Waals surface area contributed by atoms with Crippen LogP contribution < -0.4 is 5.73 Å². The van der Waals surface area contributed by atoms with Crippen LogP contribution in [-0.4, -0.2) is 26.6 Å². The number of carbonyl (C=O) groups is 1. The molecule has 0 amide bonds. The average Bonchev–Trinajstić information content (AvgIpc) is 2.64. The van der Waals surface area contributed by atoms with Crippen molar-refractivity contribution in [3.05, 3.63) is 12.2 Å². The van der Waals surface area contributed by atoms with Crippen molar-refractivity contribution in [1.29, 1.82) is 0 Å². The molecule has 0 aliphatic heterocycles. The minimum atomic E-state index is -0.419. The molecule has 16 heavy (non-hydrogen) atoms. The van der Waals surface area contributed by atoms with Gasteiger partial charge in [-0.3, -0.25) is 4.79 Å². The van der Waals surface area contributed by atoms with Gasteiger partial charge in [0, 0.05) is 6.04 Å². The van der Waals surface area contributed by atoms with Crippen LogP contribution >= 0.6 is 0 Å². The summed E-state index contributed by atoms with van der Waals surface area (Å²) < 4.78 is 1.75. The monoisotopic (exact) mass is 224 g/mol. The quantitative estimate of drug-likeness (QED) is 0.808. The molecule has 0 fully saturated rings. The van der Waals surface area contributed by atoms with E-state index in [1.807, 2.05) is 27.7 Å². The number of rotatable bonds is 5. The molecule has 5 nitrogen and oxygen atoms in total. The first-order valence-electron chi connectivity index (χ1n) is 5.60. The van der Waals surface area contributed by atoms with Gasteiger partial charge in [0.2, 0.25) is 0 Å². The average molecular weight is 224 g/mol. The molecule has 90 valence electrons. The number of nitrogens with zero attached hydrogens (tertiary/aromatic N) is 3. The maximum absolute atomic E-state index is 11.8. The fraction of sp³-hybridized carbons (Fsp3) is 0.727. The van der Waals surface area contributed by atoms with E-state index in [0.29, 0.717) is 5.82 Å². The van der Waals surface area contributed by atoms with E-state index < -0.39 is 6.04 Å². The van der Waals surface area contributed by atoms with Crippen molar-refractivity contribution in [2.75, 3.05) is 0 Å². The number of Topliss-reactive ketones (excluding diaryl/α,β-unsaturated/α-hetero) is 1. The van der Waals surface area contributed by atoms with Gasteiger partial charge in [-0.2, -0.15) is 5.10 Å². The Kier molecular flexibility index (Phi) is 4.18. The Balaban J connectivity index is 2.73. The van der Waals surface area contributed by atoms with Crippen molar-refractivity contribution in [3.63, 3.8) is 0 Å². The van der Waals surface area contributed by atoms with Crippen LogP contribution in [0.5, 0.6) is 0 Å². The van der Waals surface area contributed by atoms with Gasteiger partial charge in [0.25, 0.3) is 0 Å². The van der Waals surface area contributed by atoms with Crippen molar-refractivity contribution in [2.45, 2.75) is 46.2 Å². The third kappa shape index (κ3) is 2.88. The molecule has 0 aliphatic carbocycles. The third-order valence-corrected chi connectivity index (χ3v) is 2.56. The van der Waals surface area contributed by atoms with E-state index in [-0.39, 0.29) is 24.2 Å². The van der Waals surface area contributed by atoms with Gasteiger partial charge in [0.05, 0.1) is 12.5 Å². The summed E-state index contributed by atoms with van der Waals surface area (Å²) in [5.41, 5.74) is 5.80. The van der Waals surface area contributed by atoms with Crippen molar-refractivity contribution < 1.29 is 4.79 Å². The Labute approximate surface area is 96.0 Å². The lowest BCUT2D eigenvalue weighted by atomic mass is 9.99. The van der Waals surface area contributed by atoms with Crippen molar-refractivity contribution in [3.8, 4) is 0 Å². The van der Waals surface area contributed by atoms with E-state index in [0.717, 1.165) is 0 Å². The zero-order valence-corrected chi connectivity index (χ0v) is 10.3. The maximum atomic E-state index is 11.8. The molecule has 0 saturated heterocycles. The molecule has 1 aromatic rings. The predicted molar refractivity (Wildman–Crippen MR) is 61.9 cm³/mol. The Hall–Kier alpha value is -1.23. The van der Waals surface area contributed by atoms with E-state index in [2.05, 4.69) is 10.1 Å². The molecule has 0 spiro atoms. The number of hydrogen-bond acceptors (Lipinski definition) is 4. The molecule has 0 bridgehead atoms. The summed E-state index contributed by atoms with van der Waals surface area (Å²) >= 11 is 0. The van der Waals surface area contributed by atoms with Crippen LogP contribution in [0.4, 0.5) is 0 Å². The van der Waals surface area contributed by atoms with Gasteiger partial charge in [-0.15, -0.1) is 0 Å². The van der Waals surface area contributed by atoms with E-state index in [4.69, 9.17) is 5.73 Å². The second-order valence-electron chi connectivity index (χ2n) is 4.63. The zero-order valence-electron chi connectivity index (χ0n) is 10.3. The zero-order chi connectivity index (χ0) is 12.3. The Morgan fingerprint density at radius 2 is 2.06 bits per heavy atom. The molecule has 1 rings (SSSR count). The van der Waals surface area contributed by atoms with Crippen LogP contribution in [0.2, 0.25) is 0 Å². The van der Waals surface area contributed by atoms with Crippen LogP contribution in [0.25, 0.3) is 0 Å². The van der Waals surface area contributed by atoms with E-state index in [1.54, 1.807) is 4.68 Å². The van der Waals surface area contributed by atoms with Crippen molar-refractivity contribution in [1.82, 2.24) is 14.8 Å². The highest BCUT2D eigenvalue weighted by Gasteiger charge is 2.20. The minimum Gasteiger partial charge on any atom is -0.321 e. The normalized spacial score (nSPS) is 13.4. The summed E-state index contributed by atoms with van der Waals surface area (Å²) in [6.07, 6.45) is 1.74. The molecule has 1 unspecified atom stereocenters. The van der Waals surface area contributed by atoms with Crippen LogP contribution in [0.3, 0.4) is 0 Å². The number of carbonyl (C=O) groups excluding carboxylic acids is 1. The Morgan fingerprint density at radius 3 is 2.56 bits per heavy atom. The standard InChI is InChI=1S/C11H20N4O/c1-7(2)11(12)9(16)5-10-13-6-14-15(10)8(3)4/h6-8,11H,5,12H2,1-4H3. The second kappa shape index (κ2) is 5.21.